The smallest absolute Gasteiger partial charge is 0.361 e. The van der Waals surface area contributed by atoms with Crippen molar-refractivity contribution in [2.45, 2.75) is 13.3 Å². The van der Waals surface area contributed by atoms with Gasteiger partial charge in [-0.25, -0.2) is 8.78 Å². The third kappa shape index (κ3) is 3.64. The highest BCUT2D eigenvalue weighted by Crippen LogP contribution is 2.00. The third-order valence-corrected chi connectivity index (χ3v) is 2.83. The summed E-state index contributed by atoms with van der Waals surface area (Å²) in [4.78, 5) is 0. The van der Waals surface area contributed by atoms with Crippen molar-refractivity contribution in [3.8, 4) is 0 Å². The molecule has 0 unspecified atom stereocenters. The molecule has 0 saturated carbocycles. The van der Waals surface area contributed by atoms with Gasteiger partial charge >= 0.3 is 6.92 Å². The van der Waals surface area contributed by atoms with Crippen LogP contribution in [0.3, 0.4) is 0 Å². The quantitative estimate of drug-likeness (QED) is 0.750. The van der Waals surface area contributed by atoms with Crippen molar-refractivity contribution < 1.29 is 13.4 Å². The van der Waals surface area contributed by atoms with Crippen LogP contribution >= 0.6 is 0 Å². The Labute approximate surface area is 112 Å². The van der Waals surface area contributed by atoms with E-state index in [1.807, 2.05) is 6.92 Å². The van der Waals surface area contributed by atoms with Crippen LogP contribution in [0.4, 0.5) is 8.78 Å². The summed E-state index contributed by atoms with van der Waals surface area (Å²) in [5, 5.41) is 0. The highest BCUT2D eigenvalue weighted by molar-refractivity contribution is 6.80. The number of hydrogen-bond donors (Lipinski definition) is 0. The van der Waals surface area contributed by atoms with Gasteiger partial charge in [0, 0.05) is 6.61 Å². The lowest BCUT2D eigenvalue weighted by Crippen LogP contribution is -2.45. The molecule has 0 aliphatic rings. The van der Waals surface area contributed by atoms with Gasteiger partial charge in [-0.3, -0.25) is 0 Å². The minimum Gasteiger partial charge on any atom is -0.427 e. The van der Waals surface area contributed by atoms with Crippen molar-refractivity contribution in [2.75, 3.05) is 6.61 Å². The predicted molar refractivity (Wildman–Crippen MR) is 74.1 cm³/mol. The number of hydrogen-bond acceptors (Lipinski definition) is 1. The van der Waals surface area contributed by atoms with Gasteiger partial charge in [-0.15, -0.1) is 0 Å². The molecular weight excluding hydrogens is 245 g/mol. The molecule has 2 aromatic rings. The summed E-state index contributed by atoms with van der Waals surface area (Å²) in [6.07, 6.45) is 0.888. The van der Waals surface area contributed by atoms with Gasteiger partial charge < -0.3 is 4.65 Å². The van der Waals surface area contributed by atoms with Crippen molar-refractivity contribution in [3.05, 3.63) is 60.2 Å². The fourth-order valence-electron chi connectivity index (χ4n) is 1.90. The van der Waals surface area contributed by atoms with Crippen LogP contribution < -0.4 is 10.9 Å². The van der Waals surface area contributed by atoms with Gasteiger partial charge in [0.05, 0.1) is 0 Å². The summed E-state index contributed by atoms with van der Waals surface area (Å²) in [5.41, 5.74) is 1.72. The molecule has 0 aliphatic heterocycles. The Balaban J connectivity index is 2.29. The summed E-state index contributed by atoms with van der Waals surface area (Å²) >= 11 is 0. The standard InChI is InChI=1S/C15H15BF2O/c1-2-11-19-16(12-3-7-14(17)8-4-12)13-5-9-15(18)10-6-13/h3-10H,2,11H2,1H3. The molecule has 19 heavy (non-hydrogen) atoms. The molecule has 0 N–H and O–H groups in total. The van der Waals surface area contributed by atoms with Crippen LogP contribution in [0.5, 0.6) is 0 Å². The topological polar surface area (TPSA) is 9.23 Å². The molecule has 1 nitrogen and oxygen atoms in total. The highest BCUT2D eigenvalue weighted by atomic mass is 19.1. The van der Waals surface area contributed by atoms with Gasteiger partial charge in [0.25, 0.3) is 0 Å². The van der Waals surface area contributed by atoms with E-state index < -0.39 is 0 Å². The minimum absolute atomic E-state index is 0.280. The zero-order valence-corrected chi connectivity index (χ0v) is 10.8. The molecule has 98 valence electrons. The maximum Gasteiger partial charge on any atom is 0.361 e. The predicted octanol–water partition coefficient (Wildman–Crippen LogP) is 2.50. The Morgan fingerprint density at radius 1 is 0.842 bits per heavy atom. The molecule has 2 aromatic carbocycles. The summed E-state index contributed by atoms with van der Waals surface area (Å²) in [6.45, 7) is 2.33. The molecule has 0 spiro atoms. The number of benzene rings is 2. The zero-order valence-electron chi connectivity index (χ0n) is 10.8. The monoisotopic (exact) mass is 260 g/mol. The van der Waals surface area contributed by atoms with Crippen LogP contribution in [0.2, 0.25) is 0 Å². The van der Waals surface area contributed by atoms with Gasteiger partial charge in [0.15, 0.2) is 0 Å². The Hall–Kier alpha value is -1.68. The molecule has 0 fully saturated rings. The van der Waals surface area contributed by atoms with Crippen molar-refractivity contribution in [3.63, 3.8) is 0 Å². The van der Waals surface area contributed by atoms with E-state index in [4.69, 9.17) is 4.65 Å². The second-order valence-electron chi connectivity index (χ2n) is 4.35. The second kappa shape index (κ2) is 6.48. The molecule has 0 amide bonds. The van der Waals surface area contributed by atoms with E-state index in [-0.39, 0.29) is 18.6 Å². The first-order valence-corrected chi connectivity index (χ1v) is 6.33. The molecule has 0 heterocycles. The maximum absolute atomic E-state index is 13.0. The summed E-state index contributed by atoms with van der Waals surface area (Å²) < 4.78 is 31.7. The van der Waals surface area contributed by atoms with E-state index in [0.29, 0.717) is 6.61 Å². The molecule has 0 saturated heterocycles. The van der Waals surface area contributed by atoms with Crippen LogP contribution in [0.15, 0.2) is 48.5 Å². The molecule has 0 radical (unpaired) electrons. The van der Waals surface area contributed by atoms with Gasteiger partial charge in [-0.1, -0.05) is 31.2 Å². The molecule has 0 aromatic heterocycles. The van der Waals surface area contributed by atoms with E-state index in [0.717, 1.165) is 17.3 Å². The Morgan fingerprint density at radius 3 is 1.63 bits per heavy atom. The lowest BCUT2D eigenvalue weighted by atomic mass is 9.55. The average molecular weight is 260 g/mol. The van der Waals surface area contributed by atoms with E-state index >= 15 is 0 Å². The van der Waals surface area contributed by atoms with Crippen LogP contribution in [-0.4, -0.2) is 13.5 Å². The average Bonchev–Trinajstić information content (AvgIpc) is 2.43. The first-order valence-electron chi connectivity index (χ1n) is 6.33. The summed E-state index contributed by atoms with van der Waals surface area (Å²) in [5.74, 6) is -0.561. The Bertz CT molecular complexity index is 465. The second-order valence-corrected chi connectivity index (χ2v) is 4.35. The Morgan fingerprint density at radius 2 is 1.26 bits per heavy atom. The fourth-order valence-corrected chi connectivity index (χ4v) is 1.90. The van der Waals surface area contributed by atoms with Gasteiger partial charge in [0.1, 0.15) is 11.6 Å². The largest absolute Gasteiger partial charge is 0.427 e. The third-order valence-electron chi connectivity index (χ3n) is 2.83. The van der Waals surface area contributed by atoms with Crippen LogP contribution in [0.1, 0.15) is 13.3 Å². The normalized spacial score (nSPS) is 10.5. The van der Waals surface area contributed by atoms with E-state index in [2.05, 4.69) is 0 Å². The molecule has 0 bridgehead atoms. The van der Waals surface area contributed by atoms with Crippen LogP contribution in [0.25, 0.3) is 0 Å². The number of halogens is 2. The number of rotatable bonds is 5. The highest BCUT2D eigenvalue weighted by Gasteiger charge is 2.21. The lowest BCUT2D eigenvalue weighted by Gasteiger charge is -2.14. The maximum atomic E-state index is 13.0. The zero-order chi connectivity index (χ0) is 13.7. The van der Waals surface area contributed by atoms with Crippen LogP contribution in [0, 0.1) is 11.6 Å². The Kier molecular flexibility index (Phi) is 4.69. The minimum atomic E-state index is -0.291. The van der Waals surface area contributed by atoms with Crippen molar-refractivity contribution >= 4 is 17.8 Å². The van der Waals surface area contributed by atoms with Crippen molar-refractivity contribution in [1.82, 2.24) is 0 Å². The van der Waals surface area contributed by atoms with Gasteiger partial charge in [0.2, 0.25) is 0 Å². The van der Waals surface area contributed by atoms with E-state index in [1.165, 1.54) is 24.3 Å². The van der Waals surface area contributed by atoms with Crippen molar-refractivity contribution in [2.24, 2.45) is 0 Å². The molecule has 2 rings (SSSR count). The van der Waals surface area contributed by atoms with Crippen molar-refractivity contribution in [1.29, 1.82) is 0 Å². The van der Waals surface area contributed by atoms with Gasteiger partial charge in [-0.05, 0) is 41.6 Å². The van der Waals surface area contributed by atoms with E-state index in [9.17, 15) is 8.78 Å². The lowest BCUT2D eigenvalue weighted by molar-refractivity contribution is 0.333. The summed E-state index contributed by atoms with van der Waals surface area (Å²) in [7, 11) is 0. The first kappa shape index (κ1) is 13.7. The first-order chi connectivity index (χ1) is 9.20. The summed E-state index contributed by atoms with van der Waals surface area (Å²) in [6, 6.07) is 12.4. The van der Waals surface area contributed by atoms with E-state index in [1.54, 1.807) is 24.3 Å². The molecule has 4 heteroatoms. The molecule has 0 atom stereocenters. The van der Waals surface area contributed by atoms with Crippen LogP contribution in [-0.2, 0) is 4.65 Å². The molecule has 0 aliphatic carbocycles. The molecular formula is C15H15BF2O. The SMILES string of the molecule is CCCOB(c1ccc(F)cc1)c1ccc(F)cc1. The fraction of sp³-hybridized carbons (Fsp3) is 0.200. The van der Waals surface area contributed by atoms with Gasteiger partial charge in [-0.2, -0.15) is 0 Å².